The Hall–Kier alpha value is -2.05. The number of ether oxygens (including phenoxy) is 2. The molecule has 0 amide bonds. The number of hydrogen-bond donors (Lipinski definition) is 2. The van der Waals surface area contributed by atoms with Crippen LogP contribution < -0.4 is 14.8 Å². The van der Waals surface area contributed by atoms with E-state index in [1.165, 1.54) is 14.2 Å². The van der Waals surface area contributed by atoms with Crippen LogP contribution in [0.3, 0.4) is 0 Å². The molecule has 0 aromatic carbocycles. The normalized spacial score (nSPS) is 11.7. The highest BCUT2D eigenvalue weighted by atomic mass is 16.5. The third kappa shape index (κ3) is 4.44. The number of nitrogens with zero attached hydrogens (tertiary/aromatic N) is 2. The summed E-state index contributed by atoms with van der Waals surface area (Å²) in [7, 11) is 3.00. The summed E-state index contributed by atoms with van der Waals surface area (Å²) in [5.74, 6) is 0.269. The van der Waals surface area contributed by atoms with E-state index in [1.54, 1.807) is 6.07 Å². The number of carboxylic acid groups (broad SMARTS) is 1. The minimum absolute atomic E-state index is 0.0247. The predicted octanol–water partition coefficient (Wildman–Crippen LogP) is 1.02. The highest BCUT2D eigenvalue weighted by Gasteiger charge is 2.09. The molecule has 1 aromatic heterocycles. The predicted molar refractivity (Wildman–Crippen MR) is 65.0 cm³/mol. The van der Waals surface area contributed by atoms with Gasteiger partial charge in [-0.3, -0.25) is 4.79 Å². The van der Waals surface area contributed by atoms with Crippen LogP contribution in [0.25, 0.3) is 0 Å². The SMILES string of the molecule is COc1cc(OC)nc(NCC(C)CC(=O)O)n1. The highest BCUT2D eigenvalue weighted by molar-refractivity contribution is 5.67. The van der Waals surface area contributed by atoms with Gasteiger partial charge in [0.25, 0.3) is 0 Å². The molecule has 7 nitrogen and oxygen atoms in total. The maximum atomic E-state index is 10.5. The molecule has 0 spiro atoms. The Balaban J connectivity index is 2.63. The minimum atomic E-state index is -0.826. The summed E-state index contributed by atoms with van der Waals surface area (Å²) in [5.41, 5.74) is 0. The standard InChI is InChI=1S/C11H17N3O4/c1-7(4-10(15)16)6-12-11-13-8(17-2)5-9(14-11)18-3/h5,7H,4,6H2,1-3H3,(H,15,16)(H,12,13,14). The van der Waals surface area contributed by atoms with Crippen molar-refractivity contribution in [2.45, 2.75) is 13.3 Å². The first-order valence-electron chi connectivity index (χ1n) is 5.48. The van der Waals surface area contributed by atoms with Crippen LogP contribution in [-0.2, 0) is 4.79 Å². The molecule has 18 heavy (non-hydrogen) atoms. The van der Waals surface area contributed by atoms with Gasteiger partial charge in [0.2, 0.25) is 17.7 Å². The van der Waals surface area contributed by atoms with Crippen LogP contribution in [0, 0.1) is 5.92 Å². The molecule has 0 aliphatic rings. The van der Waals surface area contributed by atoms with Gasteiger partial charge in [-0.05, 0) is 5.92 Å². The molecule has 100 valence electrons. The average molecular weight is 255 g/mol. The number of carbonyl (C=O) groups is 1. The van der Waals surface area contributed by atoms with Crippen LogP contribution in [-0.4, -0.2) is 41.8 Å². The molecule has 1 unspecified atom stereocenters. The second kappa shape index (κ2) is 6.63. The van der Waals surface area contributed by atoms with Gasteiger partial charge in [-0.2, -0.15) is 9.97 Å². The monoisotopic (exact) mass is 255 g/mol. The number of aliphatic carboxylic acids is 1. The van der Waals surface area contributed by atoms with E-state index in [0.29, 0.717) is 24.3 Å². The third-order valence-electron chi connectivity index (χ3n) is 2.23. The van der Waals surface area contributed by atoms with Gasteiger partial charge in [0.05, 0.1) is 20.3 Å². The zero-order valence-electron chi connectivity index (χ0n) is 10.6. The van der Waals surface area contributed by atoms with Gasteiger partial charge >= 0.3 is 5.97 Å². The van der Waals surface area contributed by atoms with Crippen LogP contribution in [0.2, 0.25) is 0 Å². The van der Waals surface area contributed by atoms with Crippen molar-refractivity contribution in [3.63, 3.8) is 0 Å². The van der Waals surface area contributed by atoms with Crippen molar-refractivity contribution < 1.29 is 19.4 Å². The fraction of sp³-hybridized carbons (Fsp3) is 0.545. The summed E-state index contributed by atoms with van der Waals surface area (Å²) in [6, 6.07) is 1.56. The first-order chi connectivity index (χ1) is 8.55. The Morgan fingerprint density at radius 2 is 1.94 bits per heavy atom. The van der Waals surface area contributed by atoms with E-state index in [9.17, 15) is 4.79 Å². The van der Waals surface area contributed by atoms with Crippen LogP contribution in [0.15, 0.2) is 6.07 Å². The molecule has 0 saturated heterocycles. The van der Waals surface area contributed by atoms with E-state index in [-0.39, 0.29) is 12.3 Å². The Bertz CT molecular complexity index is 389. The number of rotatable bonds is 7. The molecule has 0 saturated carbocycles. The highest BCUT2D eigenvalue weighted by Crippen LogP contribution is 2.17. The van der Waals surface area contributed by atoms with Gasteiger partial charge in [0.1, 0.15) is 0 Å². The number of aromatic nitrogens is 2. The van der Waals surface area contributed by atoms with E-state index in [2.05, 4.69) is 15.3 Å². The van der Waals surface area contributed by atoms with Crippen molar-refractivity contribution in [1.29, 1.82) is 0 Å². The van der Waals surface area contributed by atoms with Gasteiger partial charge < -0.3 is 19.9 Å². The first-order valence-corrected chi connectivity index (χ1v) is 5.48. The van der Waals surface area contributed by atoms with E-state index >= 15 is 0 Å². The fourth-order valence-electron chi connectivity index (χ4n) is 1.33. The smallest absolute Gasteiger partial charge is 0.303 e. The molecule has 0 fully saturated rings. The van der Waals surface area contributed by atoms with Gasteiger partial charge in [-0.15, -0.1) is 0 Å². The zero-order chi connectivity index (χ0) is 13.5. The Labute approximate surface area is 105 Å². The molecule has 0 radical (unpaired) electrons. The zero-order valence-corrected chi connectivity index (χ0v) is 10.6. The van der Waals surface area contributed by atoms with E-state index in [1.807, 2.05) is 6.92 Å². The lowest BCUT2D eigenvalue weighted by Gasteiger charge is -2.11. The summed E-state index contributed by atoms with van der Waals surface area (Å²) >= 11 is 0. The number of methoxy groups -OCH3 is 2. The molecule has 2 N–H and O–H groups in total. The molecule has 0 bridgehead atoms. The average Bonchev–Trinajstić information content (AvgIpc) is 2.35. The molecule has 0 aliphatic heterocycles. The second-order valence-electron chi connectivity index (χ2n) is 3.86. The molecule has 1 atom stereocenters. The molecular formula is C11H17N3O4. The second-order valence-corrected chi connectivity index (χ2v) is 3.86. The summed E-state index contributed by atoms with van der Waals surface area (Å²) < 4.78 is 10.0. The van der Waals surface area contributed by atoms with E-state index in [0.717, 1.165) is 0 Å². The molecule has 7 heteroatoms. The lowest BCUT2D eigenvalue weighted by molar-refractivity contribution is -0.137. The van der Waals surface area contributed by atoms with E-state index in [4.69, 9.17) is 14.6 Å². The number of nitrogens with one attached hydrogen (secondary N) is 1. The molecule has 1 heterocycles. The van der Waals surface area contributed by atoms with Crippen LogP contribution in [0.1, 0.15) is 13.3 Å². The molecule has 0 aliphatic carbocycles. The first kappa shape index (κ1) is 14.0. The summed E-state index contributed by atoms with van der Waals surface area (Å²) in [5, 5.41) is 11.6. The van der Waals surface area contributed by atoms with Crippen LogP contribution in [0.5, 0.6) is 11.8 Å². The molecular weight excluding hydrogens is 238 g/mol. The lowest BCUT2D eigenvalue weighted by atomic mass is 10.1. The topological polar surface area (TPSA) is 93.6 Å². The van der Waals surface area contributed by atoms with Crippen molar-refractivity contribution in [2.24, 2.45) is 5.92 Å². The molecule has 1 aromatic rings. The Kier molecular flexibility index (Phi) is 5.16. The summed E-state index contributed by atoms with van der Waals surface area (Å²) in [6.07, 6.45) is 0.0914. The van der Waals surface area contributed by atoms with Gasteiger partial charge in [0, 0.05) is 13.0 Å². The summed E-state index contributed by atoms with van der Waals surface area (Å²) in [4.78, 5) is 18.7. The third-order valence-corrected chi connectivity index (χ3v) is 2.23. The Morgan fingerprint density at radius 1 is 1.39 bits per heavy atom. The quantitative estimate of drug-likeness (QED) is 0.751. The Morgan fingerprint density at radius 3 is 2.39 bits per heavy atom. The number of anilines is 1. The van der Waals surface area contributed by atoms with Gasteiger partial charge in [-0.1, -0.05) is 6.92 Å². The maximum Gasteiger partial charge on any atom is 0.303 e. The van der Waals surface area contributed by atoms with Crippen molar-refractivity contribution >= 4 is 11.9 Å². The lowest BCUT2D eigenvalue weighted by Crippen LogP contribution is -2.16. The largest absolute Gasteiger partial charge is 0.481 e. The molecule has 1 rings (SSSR count). The van der Waals surface area contributed by atoms with Crippen LogP contribution >= 0.6 is 0 Å². The van der Waals surface area contributed by atoms with Gasteiger partial charge in [-0.25, -0.2) is 0 Å². The summed E-state index contributed by atoms with van der Waals surface area (Å²) in [6.45, 7) is 2.29. The fourth-order valence-corrected chi connectivity index (χ4v) is 1.33. The van der Waals surface area contributed by atoms with Crippen molar-refractivity contribution in [3.8, 4) is 11.8 Å². The van der Waals surface area contributed by atoms with Gasteiger partial charge in [0.15, 0.2) is 0 Å². The van der Waals surface area contributed by atoms with E-state index < -0.39 is 5.97 Å². The minimum Gasteiger partial charge on any atom is -0.481 e. The van der Waals surface area contributed by atoms with Crippen LogP contribution in [0.4, 0.5) is 5.95 Å². The van der Waals surface area contributed by atoms with Crippen molar-refractivity contribution in [1.82, 2.24) is 9.97 Å². The number of carboxylic acids is 1. The van der Waals surface area contributed by atoms with Crippen molar-refractivity contribution in [3.05, 3.63) is 6.07 Å². The maximum absolute atomic E-state index is 10.5. The number of hydrogen-bond acceptors (Lipinski definition) is 6. The van der Waals surface area contributed by atoms with Crippen molar-refractivity contribution in [2.75, 3.05) is 26.1 Å².